The highest BCUT2D eigenvalue weighted by Gasteiger charge is 2.34. The molecule has 0 aliphatic carbocycles. The molecular formula is C33H33F2N3O4S. The maximum atomic E-state index is 14.9. The molecule has 1 N–H and O–H groups in total. The number of carbonyl (C=O) groups excluding carboxylic acids is 2. The molecule has 224 valence electrons. The zero-order valence-electron chi connectivity index (χ0n) is 23.7. The first-order valence-electron chi connectivity index (χ1n) is 13.9. The second kappa shape index (κ2) is 14.6. The molecule has 2 amide bonds. The number of benzene rings is 4. The minimum absolute atomic E-state index is 0.118. The van der Waals surface area contributed by atoms with Gasteiger partial charge in [0.25, 0.3) is 10.0 Å². The minimum atomic E-state index is -4.35. The number of nitrogens with zero attached hydrogens (tertiary/aromatic N) is 2. The lowest BCUT2D eigenvalue weighted by molar-refractivity contribution is -0.140. The molecular weight excluding hydrogens is 572 g/mol. The fraction of sp³-hybridized carbons (Fsp3) is 0.212. The molecule has 7 nitrogen and oxygen atoms in total. The number of halogens is 2. The van der Waals surface area contributed by atoms with Crippen LogP contribution in [0.4, 0.5) is 14.5 Å². The van der Waals surface area contributed by atoms with E-state index in [4.69, 9.17) is 0 Å². The standard InChI is InChI=1S/C33H33F2N3O4S/c1-2-21-36-33(40)31(22-25-11-5-3-6-12-25)37(23-26-13-9-10-16-30(26)35)32(39)24-38(28-14-7-4-8-15-28)43(41,42)29-19-17-27(34)18-20-29/h3-20,31H,2,21-24H2,1H3,(H,36,40). The third-order valence-corrected chi connectivity index (χ3v) is 8.63. The smallest absolute Gasteiger partial charge is 0.264 e. The Kier molecular flexibility index (Phi) is 10.6. The van der Waals surface area contributed by atoms with Crippen LogP contribution in [0.2, 0.25) is 0 Å². The largest absolute Gasteiger partial charge is 0.354 e. The van der Waals surface area contributed by atoms with Crippen LogP contribution in [0.1, 0.15) is 24.5 Å². The van der Waals surface area contributed by atoms with Gasteiger partial charge in [-0.1, -0.05) is 73.7 Å². The molecule has 0 heterocycles. The lowest BCUT2D eigenvalue weighted by atomic mass is 10.0. The normalized spacial score (nSPS) is 11.9. The third-order valence-electron chi connectivity index (χ3n) is 6.84. The van der Waals surface area contributed by atoms with Crippen LogP contribution >= 0.6 is 0 Å². The number of carbonyl (C=O) groups is 2. The molecule has 10 heteroatoms. The Morgan fingerprint density at radius 1 is 0.814 bits per heavy atom. The molecule has 0 saturated carbocycles. The maximum absolute atomic E-state index is 14.9. The average molecular weight is 606 g/mol. The Morgan fingerprint density at radius 3 is 2.05 bits per heavy atom. The quantitative estimate of drug-likeness (QED) is 0.223. The van der Waals surface area contributed by atoms with Gasteiger partial charge in [-0.25, -0.2) is 17.2 Å². The molecule has 43 heavy (non-hydrogen) atoms. The van der Waals surface area contributed by atoms with Gasteiger partial charge in [0, 0.05) is 25.1 Å². The summed E-state index contributed by atoms with van der Waals surface area (Å²) in [5, 5.41) is 2.84. The monoisotopic (exact) mass is 605 g/mol. The Labute approximate surface area is 250 Å². The lowest BCUT2D eigenvalue weighted by Crippen LogP contribution is -2.53. The van der Waals surface area contributed by atoms with Crippen LogP contribution in [0.5, 0.6) is 0 Å². The van der Waals surface area contributed by atoms with Crippen molar-refractivity contribution in [1.82, 2.24) is 10.2 Å². The minimum Gasteiger partial charge on any atom is -0.354 e. The number of hydrogen-bond acceptors (Lipinski definition) is 4. The lowest BCUT2D eigenvalue weighted by Gasteiger charge is -2.34. The fourth-order valence-corrected chi connectivity index (χ4v) is 6.00. The molecule has 0 aliphatic heterocycles. The zero-order chi connectivity index (χ0) is 30.8. The van der Waals surface area contributed by atoms with Crippen molar-refractivity contribution in [3.05, 3.63) is 132 Å². The van der Waals surface area contributed by atoms with Gasteiger partial charge in [0.05, 0.1) is 10.6 Å². The van der Waals surface area contributed by atoms with Crippen LogP contribution in [-0.4, -0.2) is 44.3 Å². The maximum Gasteiger partial charge on any atom is 0.264 e. The van der Waals surface area contributed by atoms with Crippen molar-refractivity contribution in [1.29, 1.82) is 0 Å². The molecule has 0 saturated heterocycles. The van der Waals surface area contributed by atoms with Crippen LogP contribution < -0.4 is 9.62 Å². The first-order chi connectivity index (χ1) is 20.7. The summed E-state index contributed by atoms with van der Waals surface area (Å²) in [6.45, 7) is 1.29. The highest BCUT2D eigenvalue weighted by Crippen LogP contribution is 2.25. The van der Waals surface area contributed by atoms with Crippen molar-refractivity contribution in [3.8, 4) is 0 Å². The van der Waals surface area contributed by atoms with Gasteiger partial charge in [-0.15, -0.1) is 0 Å². The van der Waals surface area contributed by atoms with Crippen LogP contribution in [0.3, 0.4) is 0 Å². The van der Waals surface area contributed by atoms with Gasteiger partial charge in [0.2, 0.25) is 11.8 Å². The molecule has 0 spiro atoms. The Hall–Kier alpha value is -4.57. The van der Waals surface area contributed by atoms with Crippen molar-refractivity contribution in [2.45, 2.75) is 37.2 Å². The molecule has 0 radical (unpaired) electrons. The molecule has 0 bridgehead atoms. The number of rotatable bonds is 13. The molecule has 4 rings (SSSR count). The van der Waals surface area contributed by atoms with E-state index in [-0.39, 0.29) is 29.1 Å². The number of nitrogens with one attached hydrogen (secondary N) is 1. The van der Waals surface area contributed by atoms with Gasteiger partial charge in [-0.2, -0.15) is 0 Å². The first kappa shape index (κ1) is 31.4. The Morgan fingerprint density at radius 2 is 1.42 bits per heavy atom. The van der Waals surface area contributed by atoms with Crippen molar-refractivity contribution >= 4 is 27.5 Å². The van der Waals surface area contributed by atoms with Crippen molar-refractivity contribution in [2.75, 3.05) is 17.4 Å². The van der Waals surface area contributed by atoms with Gasteiger partial charge in [0.1, 0.15) is 24.2 Å². The first-order valence-corrected chi connectivity index (χ1v) is 15.3. The Bertz CT molecular complexity index is 1620. The molecule has 0 aromatic heterocycles. The van der Waals surface area contributed by atoms with Gasteiger partial charge in [-0.3, -0.25) is 13.9 Å². The van der Waals surface area contributed by atoms with E-state index in [9.17, 15) is 26.8 Å². The van der Waals surface area contributed by atoms with Gasteiger partial charge < -0.3 is 10.2 Å². The van der Waals surface area contributed by atoms with Crippen LogP contribution in [0.15, 0.2) is 114 Å². The SMILES string of the molecule is CCCNC(=O)C(Cc1ccccc1)N(Cc1ccccc1F)C(=O)CN(c1ccccc1)S(=O)(=O)c1ccc(F)cc1. The third kappa shape index (κ3) is 8.04. The second-order valence-corrected chi connectivity index (χ2v) is 11.8. The highest BCUT2D eigenvalue weighted by molar-refractivity contribution is 7.92. The van der Waals surface area contributed by atoms with E-state index in [1.165, 1.54) is 35.2 Å². The number of sulfonamides is 1. The van der Waals surface area contributed by atoms with Crippen LogP contribution in [0, 0.1) is 11.6 Å². The molecule has 4 aromatic rings. The summed E-state index contributed by atoms with van der Waals surface area (Å²) in [4.78, 5) is 28.8. The van der Waals surface area contributed by atoms with E-state index in [0.717, 1.165) is 34.1 Å². The number of para-hydroxylation sites is 1. The molecule has 1 unspecified atom stereocenters. The summed E-state index contributed by atoms with van der Waals surface area (Å²) in [5.41, 5.74) is 1.13. The van der Waals surface area contributed by atoms with Crippen LogP contribution in [-0.2, 0) is 32.6 Å². The van der Waals surface area contributed by atoms with Crippen LogP contribution in [0.25, 0.3) is 0 Å². The second-order valence-electron chi connectivity index (χ2n) is 9.91. The van der Waals surface area contributed by atoms with E-state index in [2.05, 4.69) is 5.32 Å². The van der Waals surface area contributed by atoms with Gasteiger partial charge in [-0.05, 0) is 54.4 Å². The summed E-state index contributed by atoms with van der Waals surface area (Å²) >= 11 is 0. The Balaban J connectivity index is 1.78. The summed E-state index contributed by atoms with van der Waals surface area (Å²) in [6.07, 6.45) is 0.773. The number of amides is 2. The fourth-order valence-electron chi connectivity index (χ4n) is 4.59. The van der Waals surface area contributed by atoms with Crippen molar-refractivity contribution in [2.24, 2.45) is 0 Å². The van der Waals surface area contributed by atoms with Crippen molar-refractivity contribution in [3.63, 3.8) is 0 Å². The summed E-state index contributed by atoms with van der Waals surface area (Å²) in [6, 6.07) is 26.3. The summed E-state index contributed by atoms with van der Waals surface area (Å²) < 4.78 is 57.2. The summed E-state index contributed by atoms with van der Waals surface area (Å²) in [5.74, 6) is -2.33. The summed E-state index contributed by atoms with van der Waals surface area (Å²) in [7, 11) is -4.35. The molecule has 0 aliphatic rings. The number of hydrogen-bond donors (Lipinski definition) is 1. The number of anilines is 1. The van der Waals surface area contributed by atoms with E-state index in [0.29, 0.717) is 13.0 Å². The van der Waals surface area contributed by atoms with Gasteiger partial charge >= 0.3 is 0 Å². The van der Waals surface area contributed by atoms with Gasteiger partial charge in [0.15, 0.2) is 0 Å². The molecule has 1 atom stereocenters. The van der Waals surface area contributed by atoms with E-state index in [1.807, 2.05) is 37.3 Å². The topological polar surface area (TPSA) is 86.8 Å². The average Bonchev–Trinajstić information content (AvgIpc) is 3.02. The molecule has 0 fully saturated rings. The predicted octanol–water partition coefficient (Wildman–Crippen LogP) is 5.33. The highest BCUT2D eigenvalue weighted by atomic mass is 32.2. The molecule has 4 aromatic carbocycles. The predicted molar refractivity (Wildman–Crippen MR) is 162 cm³/mol. The van der Waals surface area contributed by atoms with Crippen molar-refractivity contribution < 1.29 is 26.8 Å². The van der Waals surface area contributed by atoms with E-state index in [1.54, 1.807) is 24.3 Å². The van der Waals surface area contributed by atoms with E-state index >= 15 is 0 Å². The van der Waals surface area contributed by atoms with E-state index < -0.39 is 46.1 Å². The zero-order valence-corrected chi connectivity index (χ0v) is 24.5.